The van der Waals surface area contributed by atoms with Gasteiger partial charge >= 0.3 is 11.9 Å². The van der Waals surface area contributed by atoms with Crippen molar-refractivity contribution in [3.63, 3.8) is 0 Å². The molecule has 0 saturated carbocycles. The highest BCUT2D eigenvalue weighted by Gasteiger charge is 2.27. The molecule has 19 heavy (non-hydrogen) atoms. The summed E-state index contributed by atoms with van der Waals surface area (Å²) in [6.07, 6.45) is -6.47. The van der Waals surface area contributed by atoms with Gasteiger partial charge in [-0.25, -0.2) is 0 Å². The summed E-state index contributed by atoms with van der Waals surface area (Å²) < 4.78 is 0. The maximum absolute atomic E-state index is 9.87. The van der Waals surface area contributed by atoms with Gasteiger partial charge in [0.15, 0.2) is 6.29 Å². The highest BCUT2D eigenvalue weighted by atomic mass is 16.4. The zero-order valence-corrected chi connectivity index (χ0v) is 10.2. The van der Waals surface area contributed by atoms with E-state index in [2.05, 4.69) is 0 Å². The molecule has 0 saturated heterocycles. The van der Waals surface area contributed by atoms with E-state index in [9.17, 15) is 14.4 Å². The molecule has 0 radical (unpaired) electrons. The van der Waals surface area contributed by atoms with E-state index in [0.29, 0.717) is 0 Å². The summed E-state index contributed by atoms with van der Waals surface area (Å²) in [5, 5.41) is 50.9. The molecule has 0 aliphatic carbocycles. The van der Waals surface area contributed by atoms with Crippen LogP contribution in [-0.4, -0.2) is 73.3 Å². The van der Waals surface area contributed by atoms with Crippen molar-refractivity contribution >= 4 is 18.2 Å². The summed E-state index contributed by atoms with van der Waals surface area (Å²) in [6, 6.07) is 0. The van der Waals surface area contributed by atoms with Crippen LogP contribution in [0.5, 0.6) is 0 Å². The van der Waals surface area contributed by atoms with Crippen LogP contribution in [0.25, 0.3) is 0 Å². The largest absolute Gasteiger partial charge is 0.481 e. The Morgan fingerprint density at radius 3 is 1.53 bits per heavy atom. The maximum atomic E-state index is 9.87. The molecule has 6 N–H and O–H groups in total. The van der Waals surface area contributed by atoms with Crippen LogP contribution in [0.3, 0.4) is 0 Å². The first-order valence-electron chi connectivity index (χ1n) is 5.24. The molecule has 0 bridgehead atoms. The molecule has 0 rings (SSSR count). The predicted octanol–water partition coefficient (Wildman–Crippen LogP) is -2.42. The molecule has 9 heteroatoms. The van der Waals surface area contributed by atoms with E-state index in [4.69, 9.17) is 30.6 Å². The van der Waals surface area contributed by atoms with Crippen LogP contribution in [0.15, 0.2) is 0 Å². The van der Waals surface area contributed by atoms with Gasteiger partial charge in [0.05, 0.1) is 18.9 Å². The van der Waals surface area contributed by atoms with Gasteiger partial charge < -0.3 is 35.4 Å². The first-order valence-corrected chi connectivity index (χ1v) is 5.24. The van der Waals surface area contributed by atoms with Crippen molar-refractivity contribution in [2.75, 3.05) is 0 Å². The SMILES string of the molecule is C[C@@H](O)[C@@H](O)[C@H](O)[C@@H](O)C=O.O=C(O)CCC(=O)O. The topological polar surface area (TPSA) is 173 Å². The number of carboxylic acid groups (broad SMARTS) is 2. The average Bonchev–Trinajstić information content (AvgIpc) is 2.34. The molecule has 0 aromatic heterocycles. The van der Waals surface area contributed by atoms with Crippen molar-refractivity contribution in [2.45, 2.75) is 44.2 Å². The average molecular weight is 282 g/mol. The molecule has 0 heterocycles. The summed E-state index contributed by atoms with van der Waals surface area (Å²) in [5.74, 6) is -2.15. The minimum atomic E-state index is -1.65. The summed E-state index contributed by atoms with van der Waals surface area (Å²) in [7, 11) is 0. The Morgan fingerprint density at radius 2 is 1.32 bits per heavy atom. The lowest BCUT2D eigenvalue weighted by molar-refractivity contribution is -0.143. The number of aliphatic carboxylic acids is 2. The van der Waals surface area contributed by atoms with Crippen LogP contribution in [-0.2, 0) is 14.4 Å². The van der Waals surface area contributed by atoms with Crippen LogP contribution in [0.1, 0.15) is 19.8 Å². The fourth-order valence-electron chi connectivity index (χ4n) is 0.782. The smallest absolute Gasteiger partial charge is 0.303 e. The minimum Gasteiger partial charge on any atom is -0.481 e. The molecule has 0 aliphatic heterocycles. The van der Waals surface area contributed by atoms with Crippen LogP contribution < -0.4 is 0 Å². The van der Waals surface area contributed by atoms with Gasteiger partial charge in [-0.05, 0) is 6.92 Å². The molecule has 0 aromatic rings. The first kappa shape index (κ1) is 19.8. The third kappa shape index (κ3) is 11.3. The van der Waals surface area contributed by atoms with Crippen LogP contribution in [0, 0.1) is 0 Å². The van der Waals surface area contributed by atoms with Gasteiger partial charge in [-0.2, -0.15) is 0 Å². The number of carbonyl (C=O) groups excluding carboxylic acids is 1. The molecular formula is C10H18O9. The third-order valence-electron chi connectivity index (χ3n) is 1.89. The fourth-order valence-corrected chi connectivity index (χ4v) is 0.782. The zero-order chi connectivity index (χ0) is 15.6. The molecule has 0 fully saturated rings. The molecule has 0 amide bonds. The van der Waals surface area contributed by atoms with Crippen LogP contribution in [0.4, 0.5) is 0 Å². The van der Waals surface area contributed by atoms with Gasteiger partial charge in [0.2, 0.25) is 0 Å². The van der Waals surface area contributed by atoms with Crippen LogP contribution >= 0.6 is 0 Å². The van der Waals surface area contributed by atoms with E-state index in [1.54, 1.807) is 0 Å². The highest BCUT2D eigenvalue weighted by Crippen LogP contribution is 2.02. The highest BCUT2D eigenvalue weighted by molar-refractivity contribution is 5.75. The van der Waals surface area contributed by atoms with Crippen molar-refractivity contribution in [2.24, 2.45) is 0 Å². The summed E-state index contributed by atoms with van der Waals surface area (Å²) >= 11 is 0. The number of carboxylic acids is 2. The Balaban J connectivity index is 0. The summed E-state index contributed by atoms with van der Waals surface area (Å²) in [6.45, 7) is 1.24. The molecule has 0 unspecified atom stereocenters. The van der Waals surface area contributed by atoms with Gasteiger partial charge in [0, 0.05) is 0 Å². The predicted molar refractivity (Wildman–Crippen MR) is 60.3 cm³/mol. The molecule has 0 spiro atoms. The van der Waals surface area contributed by atoms with Gasteiger partial charge in [0.25, 0.3) is 0 Å². The first-order chi connectivity index (χ1) is 8.63. The van der Waals surface area contributed by atoms with E-state index in [-0.39, 0.29) is 19.1 Å². The molecule has 0 aromatic carbocycles. The number of rotatable bonds is 7. The second kappa shape index (κ2) is 10.4. The van der Waals surface area contributed by atoms with Gasteiger partial charge in [-0.15, -0.1) is 0 Å². The number of aldehydes is 1. The lowest BCUT2D eigenvalue weighted by Crippen LogP contribution is -2.43. The quantitative estimate of drug-likeness (QED) is 0.278. The fraction of sp³-hybridized carbons (Fsp3) is 0.700. The lowest BCUT2D eigenvalue weighted by atomic mass is 10.1. The Bertz CT molecular complexity index is 275. The van der Waals surface area contributed by atoms with E-state index in [0.717, 1.165) is 0 Å². The standard InChI is InChI=1S/C6H12O5.C4H6O4/c1-3(8)5(10)6(11)4(9)2-7;5-3(6)1-2-4(7)8/h2-6,8-11H,1H3;1-2H2,(H,5,6)(H,7,8)/t3-,4+,5-,6-;/m1./s1. The van der Waals surface area contributed by atoms with Crippen molar-refractivity contribution < 1.29 is 45.0 Å². The third-order valence-corrected chi connectivity index (χ3v) is 1.89. The molecule has 112 valence electrons. The Labute approximate surface area is 108 Å². The van der Waals surface area contributed by atoms with Crippen molar-refractivity contribution in [1.29, 1.82) is 0 Å². The van der Waals surface area contributed by atoms with E-state index >= 15 is 0 Å². The van der Waals surface area contributed by atoms with E-state index in [1.165, 1.54) is 6.92 Å². The van der Waals surface area contributed by atoms with Crippen molar-refractivity contribution in [3.8, 4) is 0 Å². The molecule has 0 aliphatic rings. The number of aliphatic hydroxyl groups excluding tert-OH is 4. The van der Waals surface area contributed by atoms with Crippen LogP contribution in [0.2, 0.25) is 0 Å². The molecule has 4 atom stereocenters. The normalized spacial score (nSPS) is 16.3. The van der Waals surface area contributed by atoms with Gasteiger partial charge in [-0.3, -0.25) is 9.59 Å². The molecular weight excluding hydrogens is 264 g/mol. The van der Waals surface area contributed by atoms with E-state index in [1.807, 2.05) is 0 Å². The van der Waals surface area contributed by atoms with Gasteiger partial charge in [0.1, 0.15) is 18.3 Å². The van der Waals surface area contributed by atoms with Crippen molar-refractivity contribution in [3.05, 3.63) is 0 Å². The second-order valence-electron chi connectivity index (χ2n) is 3.64. The number of hydrogen-bond donors (Lipinski definition) is 6. The Hall–Kier alpha value is -1.55. The summed E-state index contributed by atoms with van der Waals surface area (Å²) in [5.41, 5.74) is 0. The van der Waals surface area contributed by atoms with Gasteiger partial charge in [-0.1, -0.05) is 0 Å². The second-order valence-corrected chi connectivity index (χ2v) is 3.64. The molecule has 9 nitrogen and oxygen atoms in total. The summed E-state index contributed by atoms with van der Waals surface area (Å²) in [4.78, 5) is 29.2. The number of carbonyl (C=O) groups is 3. The van der Waals surface area contributed by atoms with Crippen molar-refractivity contribution in [1.82, 2.24) is 0 Å². The zero-order valence-electron chi connectivity index (χ0n) is 10.2. The lowest BCUT2D eigenvalue weighted by Gasteiger charge is -2.21. The maximum Gasteiger partial charge on any atom is 0.303 e. The number of hydrogen-bond acceptors (Lipinski definition) is 7. The number of aliphatic hydroxyl groups is 4. The van der Waals surface area contributed by atoms with E-state index < -0.39 is 36.4 Å². The monoisotopic (exact) mass is 282 g/mol. The Kier molecular flexibility index (Phi) is 10.8. The minimum absolute atomic E-state index is 0.0935. The Morgan fingerprint density at radius 1 is 0.947 bits per heavy atom.